The van der Waals surface area contributed by atoms with Crippen molar-refractivity contribution in [1.82, 2.24) is 14.9 Å². The number of likely N-dealkylation sites (N-methyl/N-ethyl adjacent to an activating group) is 1. The van der Waals surface area contributed by atoms with Crippen LogP contribution in [0.3, 0.4) is 0 Å². The molecular formula is C10H17Cl2N5O. The third kappa shape index (κ3) is 3.44. The Morgan fingerprint density at radius 3 is 2.56 bits per heavy atom. The van der Waals surface area contributed by atoms with Crippen molar-refractivity contribution < 1.29 is 4.79 Å². The molecule has 1 aromatic heterocycles. The fraction of sp³-hybridized carbons (Fsp3) is 0.500. The number of hydrogen-bond acceptors (Lipinski definition) is 5. The van der Waals surface area contributed by atoms with Crippen LogP contribution in [-0.4, -0.2) is 47.5 Å². The molecule has 1 aliphatic rings. The lowest BCUT2D eigenvalue weighted by Crippen LogP contribution is -2.49. The van der Waals surface area contributed by atoms with Gasteiger partial charge in [0, 0.05) is 39.1 Å². The Hall–Kier alpha value is -1.11. The number of rotatable bonds is 2. The summed E-state index contributed by atoms with van der Waals surface area (Å²) in [5.74, 6) is 0.825. The molecule has 1 aliphatic heterocycles. The first-order chi connectivity index (χ1) is 7.72. The quantitative estimate of drug-likeness (QED) is 0.834. The molecule has 1 fully saturated rings. The second kappa shape index (κ2) is 7.35. The molecule has 2 N–H and O–H groups in total. The minimum atomic E-state index is 0. The summed E-state index contributed by atoms with van der Waals surface area (Å²) < 4.78 is 0. The van der Waals surface area contributed by atoms with Gasteiger partial charge in [-0.2, -0.15) is 0 Å². The van der Waals surface area contributed by atoms with Gasteiger partial charge in [-0.1, -0.05) is 0 Å². The molecule has 1 saturated heterocycles. The highest BCUT2D eigenvalue weighted by atomic mass is 35.5. The van der Waals surface area contributed by atoms with Gasteiger partial charge < -0.3 is 15.5 Å². The van der Waals surface area contributed by atoms with Crippen LogP contribution in [0.5, 0.6) is 0 Å². The van der Waals surface area contributed by atoms with Crippen molar-refractivity contribution in [2.24, 2.45) is 5.73 Å². The predicted molar refractivity (Wildman–Crippen MR) is 74.3 cm³/mol. The zero-order valence-corrected chi connectivity index (χ0v) is 11.7. The van der Waals surface area contributed by atoms with Crippen molar-refractivity contribution >= 4 is 36.5 Å². The molecule has 8 heteroatoms. The van der Waals surface area contributed by atoms with Crippen molar-refractivity contribution in [1.29, 1.82) is 0 Å². The topological polar surface area (TPSA) is 75.3 Å². The Balaban J connectivity index is 0.00000144. The maximum Gasteiger partial charge on any atom is 0.241 e. The number of piperazine rings is 1. The van der Waals surface area contributed by atoms with E-state index < -0.39 is 0 Å². The van der Waals surface area contributed by atoms with Crippen molar-refractivity contribution in [2.75, 3.05) is 31.6 Å². The van der Waals surface area contributed by atoms with E-state index in [0.717, 1.165) is 18.1 Å². The largest absolute Gasteiger partial charge is 0.344 e. The fourth-order valence-corrected chi connectivity index (χ4v) is 1.71. The van der Waals surface area contributed by atoms with Gasteiger partial charge in [0.2, 0.25) is 5.91 Å². The molecule has 2 heterocycles. The summed E-state index contributed by atoms with van der Waals surface area (Å²) in [6, 6.07) is 0. The average Bonchev–Trinajstić information content (AvgIpc) is 2.32. The lowest BCUT2D eigenvalue weighted by Gasteiger charge is -2.33. The van der Waals surface area contributed by atoms with Gasteiger partial charge in [-0.15, -0.1) is 24.8 Å². The highest BCUT2D eigenvalue weighted by molar-refractivity contribution is 5.85. The Kier molecular flexibility index (Phi) is 6.90. The van der Waals surface area contributed by atoms with E-state index in [9.17, 15) is 4.79 Å². The maximum absolute atomic E-state index is 11.6. The number of amides is 1. The molecule has 0 unspecified atom stereocenters. The fourth-order valence-electron chi connectivity index (χ4n) is 1.71. The first-order valence-corrected chi connectivity index (χ1v) is 5.21. The van der Waals surface area contributed by atoms with Gasteiger partial charge in [0.05, 0.1) is 12.2 Å². The number of carbonyl (C=O) groups is 1. The summed E-state index contributed by atoms with van der Waals surface area (Å²) in [5.41, 5.74) is 6.33. The van der Waals surface area contributed by atoms with Gasteiger partial charge in [0.1, 0.15) is 0 Å². The number of anilines is 1. The van der Waals surface area contributed by atoms with Crippen molar-refractivity contribution in [3.63, 3.8) is 0 Å². The summed E-state index contributed by atoms with van der Waals surface area (Å²) in [6.07, 6.45) is 3.24. The van der Waals surface area contributed by atoms with Crippen LogP contribution in [0, 0.1) is 0 Å². The zero-order chi connectivity index (χ0) is 11.5. The molecular weight excluding hydrogens is 277 g/mol. The van der Waals surface area contributed by atoms with Crippen LogP contribution < -0.4 is 10.6 Å². The predicted octanol–water partition coefficient (Wildman–Crippen LogP) is 0.0573. The van der Waals surface area contributed by atoms with Crippen LogP contribution in [0.1, 0.15) is 5.69 Å². The van der Waals surface area contributed by atoms with Gasteiger partial charge in [-0.3, -0.25) is 9.78 Å². The lowest BCUT2D eigenvalue weighted by atomic mass is 10.3. The van der Waals surface area contributed by atoms with Gasteiger partial charge in [-0.25, -0.2) is 4.98 Å². The van der Waals surface area contributed by atoms with Crippen molar-refractivity contribution in [2.45, 2.75) is 6.54 Å². The molecule has 0 spiro atoms. The Morgan fingerprint density at radius 2 is 1.94 bits per heavy atom. The molecule has 0 aliphatic carbocycles. The number of halogens is 2. The monoisotopic (exact) mass is 293 g/mol. The SMILES string of the molecule is CN1CCN(c2nccnc2CN)CC1=O.Cl.Cl. The smallest absolute Gasteiger partial charge is 0.241 e. The van der Waals surface area contributed by atoms with Gasteiger partial charge in [-0.05, 0) is 0 Å². The normalized spacial score (nSPS) is 14.9. The first-order valence-electron chi connectivity index (χ1n) is 5.21. The van der Waals surface area contributed by atoms with Gasteiger partial charge in [0.25, 0.3) is 0 Å². The van der Waals surface area contributed by atoms with E-state index in [1.807, 2.05) is 4.90 Å². The number of carbonyl (C=O) groups excluding carboxylic acids is 1. The molecule has 0 saturated carbocycles. The molecule has 1 amide bonds. The molecule has 18 heavy (non-hydrogen) atoms. The molecule has 0 aromatic carbocycles. The summed E-state index contributed by atoms with van der Waals surface area (Å²) >= 11 is 0. The van der Waals surface area contributed by atoms with Crippen molar-refractivity contribution in [3.05, 3.63) is 18.1 Å². The molecule has 0 atom stereocenters. The van der Waals surface area contributed by atoms with E-state index in [4.69, 9.17) is 5.73 Å². The number of aromatic nitrogens is 2. The van der Waals surface area contributed by atoms with Crippen LogP contribution in [-0.2, 0) is 11.3 Å². The van der Waals surface area contributed by atoms with Crippen LogP contribution in [0.2, 0.25) is 0 Å². The Morgan fingerprint density at radius 1 is 1.28 bits per heavy atom. The van der Waals surface area contributed by atoms with Crippen LogP contribution in [0.4, 0.5) is 5.82 Å². The van der Waals surface area contributed by atoms with E-state index in [1.165, 1.54) is 0 Å². The van der Waals surface area contributed by atoms with E-state index >= 15 is 0 Å². The summed E-state index contributed by atoms with van der Waals surface area (Å²) in [6.45, 7) is 2.17. The lowest BCUT2D eigenvalue weighted by molar-refractivity contribution is -0.129. The molecule has 102 valence electrons. The van der Waals surface area contributed by atoms with Crippen LogP contribution >= 0.6 is 24.8 Å². The number of nitrogens with zero attached hydrogens (tertiary/aromatic N) is 4. The van der Waals surface area contributed by atoms with Gasteiger partial charge >= 0.3 is 0 Å². The zero-order valence-electron chi connectivity index (χ0n) is 10.1. The molecule has 0 radical (unpaired) electrons. The highest BCUT2D eigenvalue weighted by Crippen LogP contribution is 2.16. The van der Waals surface area contributed by atoms with Crippen LogP contribution in [0.25, 0.3) is 0 Å². The van der Waals surface area contributed by atoms with Gasteiger partial charge in [0.15, 0.2) is 5.82 Å². The summed E-state index contributed by atoms with van der Waals surface area (Å²) in [4.78, 5) is 23.6. The Bertz CT molecular complexity index is 404. The summed E-state index contributed by atoms with van der Waals surface area (Å²) in [7, 11) is 1.81. The number of nitrogens with two attached hydrogens (primary N) is 1. The minimum absolute atomic E-state index is 0. The summed E-state index contributed by atoms with van der Waals surface area (Å²) in [5, 5.41) is 0. The maximum atomic E-state index is 11.6. The second-order valence-corrected chi connectivity index (χ2v) is 3.77. The standard InChI is InChI=1S/C10H15N5O.2ClH/c1-14-4-5-15(7-9(14)16)10-8(6-11)12-2-3-13-10;;/h2-3H,4-7,11H2,1H3;2*1H. The van der Waals surface area contributed by atoms with E-state index in [0.29, 0.717) is 19.6 Å². The molecule has 6 nitrogen and oxygen atoms in total. The van der Waals surface area contributed by atoms with E-state index in [2.05, 4.69) is 9.97 Å². The Labute approximate surface area is 118 Å². The second-order valence-electron chi connectivity index (χ2n) is 3.77. The average molecular weight is 294 g/mol. The van der Waals surface area contributed by atoms with E-state index in [1.54, 1.807) is 24.3 Å². The van der Waals surface area contributed by atoms with Crippen molar-refractivity contribution in [3.8, 4) is 0 Å². The number of hydrogen-bond donors (Lipinski definition) is 1. The molecule has 0 bridgehead atoms. The van der Waals surface area contributed by atoms with E-state index in [-0.39, 0.29) is 30.7 Å². The molecule has 1 aromatic rings. The molecule has 2 rings (SSSR count). The third-order valence-corrected chi connectivity index (χ3v) is 2.70. The first kappa shape index (κ1) is 16.9. The minimum Gasteiger partial charge on any atom is -0.344 e. The van der Waals surface area contributed by atoms with Crippen LogP contribution in [0.15, 0.2) is 12.4 Å². The third-order valence-electron chi connectivity index (χ3n) is 2.70. The highest BCUT2D eigenvalue weighted by Gasteiger charge is 2.23.